The van der Waals surface area contributed by atoms with Gasteiger partial charge in [-0.25, -0.2) is 0 Å². The van der Waals surface area contributed by atoms with E-state index in [1.807, 2.05) is 13.0 Å². The van der Waals surface area contributed by atoms with Crippen molar-refractivity contribution >= 4 is 5.78 Å². The minimum atomic E-state index is 0.0942. The van der Waals surface area contributed by atoms with E-state index in [1.165, 1.54) is 6.42 Å². The second kappa shape index (κ2) is 5.72. The Balaban J connectivity index is 2.20. The molecule has 1 aliphatic rings. The summed E-state index contributed by atoms with van der Waals surface area (Å²) in [4.78, 5) is 16.8. The highest BCUT2D eigenvalue weighted by molar-refractivity contribution is 5.98. The molecule has 0 bridgehead atoms. The summed E-state index contributed by atoms with van der Waals surface area (Å²) in [5.41, 5.74) is 0.780. The van der Waals surface area contributed by atoms with E-state index in [-0.39, 0.29) is 17.1 Å². The molecule has 1 atom stereocenters. The number of nitrogens with zero attached hydrogens (tertiary/aromatic N) is 1. The lowest BCUT2D eigenvalue weighted by Crippen LogP contribution is -2.34. The van der Waals surface area contributed by atoms with Gasteiger partial charge in [-0.3, -0.25) is 9.78 Å². The van der Waals surface area contributed by atoms with Gasteiger partial charge in [0, 0.05) is 17.7 Å². The van der Waals surface area contributed by atoms with E-state index in [4.69, 9.17) is 4.74 Å². The van der Waals surface area contributed by atoms with Crippen molar-refractivity contribution in [1.82, 2.24) is 4.98 Å². The molecule has 1 aromatic rings. The van der Waals surface area contributed by atoms with Crippen LogP contribution >= 0.6 is 0 Å². The van der Waals surface area contributed by atoms with Crippen LogP contribution < -0.4 is 4.74 Å². The highest BCUT2D eigenvalue weighted by Gasteiger charge is 2.37. The molecule has 19 heavy (non-hydrogen) atoms. The summed E-state index contributed by atoms with van der Waals surface area (Å²) >= 11 is 0. The molecule has 0 saturated heterocycles. The Morgan fingerprint density at radius 2 is 2.21 bits per heavy atom. The second-order valence-electron chi connectivity index (χ2n) is 5.99. The van der Waals surface area contributed by atoms with Crippen molar-refractivity contribution in [2.45, 2.75) is 46.5 Å². The number of hydrogen-bond acceptors (Lipinski definition) is 3. The Hall–Kier alpha value is -1.38. The van der Waals surface area contributed by atoms with Gasteiger partial charge in [-0.2, -0.15) is 0 Å². The first-order valence-corrected chi connectivity index (χ1v) is 7.16. The third kappa shape index (κ3) is 3.14. The lowest BCUT2D eigenvalue weighted by molar-refractivity contribution is 0.0696. The molecule has 0 spiro atoms. The Morgan fingerprint density at radius 1 is 1.42 bits per heavy atom. The molecule has 1 heterocycles. The average Bonchev–Trinajstić information content (AvgIpc) is 2.38. The zero-order chi connectivity index (χ0) is 13.9. The SMILES string of the molecule is CCOc1cncc(C(=O)C2CCCCC2(C)C)c1. The Labute approximate surface area is 115 Å². The maximum absolute atomic E-state index is 12.7. The molecule has 0 aliphatic heterocycles. The molecule has 0 amide bonds. The van der Waals surface area contributed by atoms with Crippen molar-refractivity contribution in [3.63, 3.8) is 0 Å². The highest BCUT2D eigenvalue weighted by Crippen LogP contribution is 2.42. The third-order valence-electron chi connectivity index (χ3n) is 4.13. The summed E-state index contributed by atoms with van der Waals surface area (Å²) in [7, 11) is 0. The molecule has 1 fully saturated rings. The zero-order valence-electron chi connectivity index (χ0n) is 12.1. The predicted octanol–water partition coefficient (Wildman–Crippen LogP) is 3.88. The van der Waals surface area contributed by atoms with E-state index in [0.29, 0.717) is 17.9 Å². The molecule has 0 N–H and O–H groups in total. The van der Waals surface area contributed by atoms with Crippen molar-refractivity contribution < 1.29 is 9.53 Å². The van der Waals surface area contributed by atoms with E-state index < -0.39 is 0 Å². The fraction of sp³-hybridized carbons (Fsp3) is 0.625. The topological polar surface area (TPSA) is 39.2 Å². The quantitative estimate of drug-likeness (QED) is 0.772. The summed E-state index contributed by atoms with van der Waals surface area (Å²) in [6, 6.07) is 1.82. The predicted molar refractivity (Wildman–Crippen MR) is 75.5 cm³/mol. The maximum Gasteiger partial charge on any atom is 0.168 e. The molecule has 3 nitrogen and oxygen atoms in total. The van der Waals surface area contributed by atoms with Crippen LogP contribution in [0.25, 0.3) is 0 Å². The van der Waals surface area contributed by atoms with Crippen molar-refractivity contribution in [3.05, 3.63) is 24.0 Å². The van der Waals surface area contributed by atoms with Crippen LogP contribution in [-0.4, -0.2) is 17.4 Å². The monoisotopic (exact) mass is 261 g/mol. The number of ketones is 1. The molecule has 1 saturated carbocycles. The summed E-state index contributed by atoms with van der Waals surface area (Å²) < 4.78 is 5.42. The first-order chi connectivity index (χ1) is 9.04. The van der Waals surface area contributed by atoms with Gasteiger partial charge < -0.3 is 4.74 Å². The average molecular weight is 261 g/mol. The van der Waals surface area contributed by atoms with Crippen molar-refractivity contribution in [3.8, 4) is 5.75 Å². The minimum Gasteiger partial charge on any atom is -0.492 e. The summed E-state index contributed by atoms with van der Waals surface area (Å²) in [6.07, 6.45) is 7.82. The van der Waals surface area contributed by atoms with E-state index in [9.17, 15) is 4.79 Å². The number of pyridine rings is 1. The zero-order valence-corrected chi connectivity index (χ0v) is 12.1. The summed E-state index contributed by atoms with van der Waals surface area (Å²) in [6.45, 7) is 6.93. The van der Waals surface area contributed by atoms with Gasteiger partial charge in [0.25, 0.3) is 0 Å². The molecule has 1 aliphatic carbocycles. The van der Waals surface area contributed by atoms with E-state index in [2.05, 4.69) is 18.8 Å². The van der Waals surface area contributed by atoms with E-state index in [0.717, 1.165) is 19.3 Å². The first kappa shape index (κ1) is 14.0. The highest BCUT2D eigenvalue weighted by atomic mass is 16.5. The van der Waals surface area contributed by atoms with Gasteiger partial charge in [0.05, 0.1) is 12.8 Å². The molecule has 3 heteroatoms. The van der Waals surface area contributed by atoms with Gasteiger partial charge in [-0.1, -0.05) is 26.7 Å². The van der Waals surface area contributed by atoms with Crippen molar-refractivity contribution in [2.75, 3.05) is 6.61 Å². The van der Waals surface area contributed by atoms with Gasteiger partial charge >= 0.3 is 0 Å². The third-order valence-corrected chi connectivity index (χ3v) is 4.13. The summed E-state index contributed by atoms with van der Waals surface area (Å²) in [5, 5.41) is 0. The Kier molecular flexibility index (Phi) is 4.23. The normalized spacial score (nSPS) is 21.9. The fourth-order valence-electron chi connectivity index (χ4n) is 2.98. The standard InChI is InChI=1S/C16H23NO2/c1-4-19-13-9-12(10-17-11-13)15(18)14-7-5-6-8-16(14,2)3/h9-11,14H,4-8H2,1-3H3. The Bertz CT molecular complexity index is 454. The van der Waals surface area contributed by atoms with Crippen LogP contribution in [0.3, 0.4) is 0 Å². The maximum atomic E-state index is 12.7. The second-order valence-corrected chi connectivity index (χ2v) is 5.99. The van der Waals surface area contributed by atoms with Gasteiger partial charge in [0.2, 0.25) is 0 Å². The Morgan fingerprint density at radius 3 is 2.89 bits per heavy atom. The number of carbonyl (C=O) groups is 1. The molecule has 1 aromatic heterocycles. The van der Waals surface area contributed by atoms with Crippen molar-refractivity contribution in [2.24, 2.45) is 11.3 Å². The van der Waals surface area contributed by atoms with Gasteiger partial charge in [0.15, 0.2) is 5.78 Å². The number of ether oxygens (including phenoxy) is 1. The molecule has 0 radical (unpaired) electrons. The van der Waals surface area contributed by atoms with Crippen LogP contribution in [0.5, 0.6) is 5.75 Å². The molecule has 2 rings (SSSR count). The number of Topliss-reactive ketones (excluding diaryl/α,β-unsaturated/α-hetero) is 1. The molecule has 104 valence electrons. The molecular weight excluding hydrogens is 238 g/mol. The van der Waals surface area contributed by atoms with Gasteiger partial charge in [-0.05, 0) is 31.2 Å². The molecule has 1 unspecified atom stereocenters. The van der Waals surface area contributed by atoms with Crippen LogP contribution in [0.15, 0.2) is 18.5 Å². The minimum absolute atomic E-state index is 0.0942. The first-order valence-electron chi connectivity index (χ1n) is 7.16. The van der Waals surface area contributed by atoms with Gasteiger partial charge in [-0.15, -0.1) is 0 Å². The number of hydrogen-bond donors (Lipinski definition) is 0. The van der Waals surface area contributed by atoms with Crippen LogP contribution in [0.1, 0.15) is 56.8 Å². The van der Waals surface area contributed by atoms with Crippen LogP contribution in [0, 0.1) is 11.3 Å². The van der Waals surface area contributed by atoms with Crippen molar-refractivity contribution in [1.29, 1.82) is 0 Å². The summed E-state index contributed by atoms with van der Waals surface area (Å²) in [5.74, 6) is 1.01. The lowest BCUT2D eigenvalue weighted by atomic mass is 9.66. The fourth-order valence-corrected chi connectivity index (χ4v) is 2.98. The lowest BCUT2D eigenvalue weighted by Gasteiger charge is -2.37. The van der Waals surface area contributed by atoms with Gasteiger partial charge in [0.1, 0.15) is 5.75 Å². The van der Waals surface area contributed by atoms with E-state index >= 15 is 0 Å². The largest absolute Gasteiger partial charge is 0.492 e. The molecule has 0 aromatic carbocycles. The van der Waals surface area contributed by atoms with Crippen LogP contribution in [0.2, 0.25) is 0 Å². The molecular formula is C16H23NO2. The number of carbonyl (C=O) groups excluding carboxylic acids is 1. The van der Waals surface area contributed by atoms with Crippen LogP contribution in [-0.2, 0) is 0 Å². The smallest absolute Gasteiger partial charge is 0.168 e. The van der Waals surface area contributed by atoms with Crippen LogP contribution in [0.4, 0.5) is 0 Å². The van der Waals surface area contributed by atoms with E-state index in [1.54, 1.807) is 12.4 Å². The number of rotatable bonds is 4. The number of aromatic nitrogens is 1.